The van der Waals surface area contributed by atoms with Crippen molar-refractivity contribution in [2.75, 3.05) is 25.9 Å². The Labute approximate surface area is 122 Å². The monoisotopic (exact) mass is 280 g/mol. The minimum absolute atomic E-state index is 0.180. The molecule has 0 aromatic heterocycles. The summed E-state index contributed by atoms with van der Waals surface area (Å²) in [5, 5.41) is 10.1. The first-order valence-corrected chi connectivity index (χ1v) is 7.07. The average Bonchev–Trinajstić information content (AvgIpc) is 2.35. The number of likely N-dealkylation sites (N-methyl/N-ethyl adjacent to an activating group) is 1. The highest BCUT2D eigenvalue weighted by Crippen LogP contribution is 2.23. The first kappa shape index (κ1) is 16.8. The van der Waals surface area contributed by atoms with Gasteiger partial charge in [-0.1, -0.05) is 32.9 Å². The van der Waals surface area contributed by atoms with Crippen molar-refractivity contribution in [3.05, 3.63) is 24.3 Å². The van der Waals surface area contributed by atoms with Crippen LogP contribution in [0.15, 0.2) is 24.3 Å². The quantitative estimate of drug-likeness (QED) is 0.786. The van der Waals surface area contributed by atoms with Crippen LogP contribution < -0.4 is 10.5 Å². The molecule has 0 radical (unpaired) electrons. The SMILES string of the molecule is CC(N(C)CC(O)COc1ccccc1N)C(C)(C)C. The smallest absolute Gasteiger partial charge is 0.142 e. The van der Waals surface area contributed by atoms with Crippen LogP contribution in [0.3, 0.4) is 0 Å². The van der Waals surface area contributed by atoms with E-state index < -0.39 is 6.10 Å². The van der Waals surface area contributed by atoms with Gasteiger partial charge in [0.05, 0.1) is 5.69 Å². The van der Waals surface area contributed by atoms with E-state index in [-0.39, 0.29) is 12.0 Å². The number of benzene rings is 1. The van der Waals surface area contributed by atoms with E-state index in [1.165, 1.54) is 0 Å². The Kier molecular flexibility index (Phi) is 5.84. The molecule has 1 aromatic rings. The number of aliphatic hydroxyl groups is 1. The van der Waals surface area contributed by atoms with Crippen molar-refractivity contribution in [3.8, 4) is 5.75 Å². The molecule has 0 saturated carbocycles. The minimum atomic E-state index is -0.538. The van der Waals surface area contributed by atoms with Gasteiger partial charge in [0.15, 0.2) is 0 Å². The number of nitrogens with zero attached hydrogens (tertiary/aromatic N) is 1. The fourth-order valence-electron chi connectivity index (χ4n) is 2.00. The Morgan fingerprint density at radius 1 is 1.30 bits per heavy atom. The fraction of sp³-hybridized carbons (Fsp3) is 0.625. The fourth-order valence-corrected chi connectivity index (χ4v) is 2.00. The summed E-state index contributed by atoms with van der Waals surface area (Å²) in [6, 6.07) is 7.70. The van der Waals surface area contributed by atoms with Gasteiger partial charge in [0.2, 0.25) is 0 Å². The number of aliphatic hydroxyl groups excluding tert-OH is 1. The van der Waals surface area contributed by atoms with Gasteiger partial charge >= 0.3 is 0 Å². The number of nitrogens with two attached hydrogens (primary N) is 1. The molecule has 0 fully saturated rings. The third-order valence-corrected chi connectivity index (χ3v) is 3.76. The minimum Gasteiger partial charge on any atom is -0.489 e. The second-order valence-electron chi connectivity index (χ2n) is 6.48. The van der Waals surface area contributed by atoms with E-state index in [2.05, 4.69) is 32.6 Å². The maximum absolute atomic E-state index is 10.1. The first-order valence-electron chi connectivity index (χ1n) is 7.07. The summed E-state index contributed by atoms with van der Waals surface area (Å²) in [6.45, 7) is 9.58. The normalized spacial score (nSPS) is 15.2. The lowest BCUT2D eigenvalue weighted by Crippen LogP contribution is -2.44. The number of hydrogen-bond donors (Lipinski definition) is 2. The standard InChI is InChI=1S/C16H28N2O2/c1-12(16(2,3)4)18(5)10-13(19)11-20-15-9-7-6-8-14(15)17/h6-9,12-13,19H,10-11,17H2,1-5H3. The predicted octanol–water partition coefficient (Wildman–Crippen LogP) is 2.37. The van der Waals surface area contributed by atoms with Crippen LogP contribution >= 0.6 is 0 Å². The van der Waals surface area contributed by atoms with Crippen molar-refractivity contribution < 1.29 is 9.84 Å². The van der Waals surface area contributed by atoms with Crippen LogP contribution in [0.2, 0.25) is 0 Å². The maximum atomic E-state index is 10.1. The number of para-hydroxylation sites is 2. The molecule has 0 heterocycles. The molecule has 2 atom stereocenters. The van der Waals surface area contributed by atoms with Crippen molar-refractivity contribution in [1.29, 1.82) is 0 Å². The van der Waals surface area contributed by atoms with Crippen LogP contribution in [-0.4, -0.2) is 42.4 Å². The molecule has 0 bridgehead atoms. The second-order valence-corrected chi connectivity index (χ2v) is 6.48. The molecule has 0 aliphatic carbocycles. The summed E-state index contributed by atoms with van der Waals surface area (Å²) < 4.78 is 5.56. The third-order valence-electron chi connectivity index (χ3n) is 3.76. The predicted molar refractivity (Wildman–Crippen MR) is 83.9 cm³/mol. The molecular formula is C16H28N2O2. The molecule has 1 rings (SSSR count). The van der Waals surface area contributed by atoms with Crippen molar-refractivity contribution in [3.63, 3.8) is 0 Å². The van der Waals surface area contributed by atoms with Gasteiger partial charge in [0, 0.05) is 12.6 Å². The van der Waals surface area contributed by atoms with E-state index in [4.69, 9.17) is 10.5 Å². The van der Waals surface area contributed by atoms with Gasteiger partial charge in [0.1, 0.15) is 18.5 Å². The van der Waals surface area contributed by atoms with Gasteiger partial charge in [0.25, 0.3) is 0 Å². The molecule has 0 saturated heterocycles. The Morgan fingerprint density at radius 3 is 2.45 bits per heavy atom. The topological polar surface area (TPSA) is 58.7 Å². The lowest BCUT2D eigenvalue weighted by atomic mass is 9.87. The summed E-state index contributed by atoms with van der Waals surface area (Å²) in [5.74, 6) is 0.623. The van der Waals surface area contributed by atoms with E-state index in [0.29, 0.717) is 24.0 Å². The van der Waals surface area contributed by atoms with Crippen LogP contribution in [0.4, 0.5) is 5.69 Å². The summed E-state index contributed by atoms with van der Waals surface area (Å²) in [7, 11) is 2.02. The molecule has 4 nitrogen and oxygen atoms in total. The Bertz CT molecular complexity index is 415. The highest BCUT2D eigenvalue weighted by Gasteiger charge is 2.25. The lowest BCUT2D eigenvalue weighted by Gasteiger charge is -2.36. The van der Waals surface area contributed by atoms with E-state index in [9.17, 15) is 5.11 Å². The highest BCUT2D eigenvalue weighted by atomic mass is 16.5. The van der Waals surface area contributed by atoms with Crippen molar-refractivity contribution in [2.24, 2.45) is 5.41 Å². The van der Waals surface area contributed by atoms with Crippen molar-refractivity contribution in [2.45, 2.75) is 39.8 Å². The molecule has 0 spiro atoms. The van der Waals surface area contributed by atoms with E-state index >= 15 is 0 Å². The third kappa shape index (κ3) is 5.02. The average molecular weight is 280 g/mol. The van der Waals surface area contributed by atoms with E-state index in [0.717, 1.165) is 0 Å². The Hall–Kier alpha value is -1.26. The molecular weight excluding hydrogens is 252 g/mol. The van der Waals surface area contributed by atoms with Crippen LogP contribution in [-0.2, 0) is 0 Å². The van der Waals surface area contributed by atoms with Crippen LogP contribution in [0, 0.1) is 5.41 Å². The van der Waals surface area contributed by atoms with Crippen molar-refractivity contribution >= 4 is 5.69 Å². The van der Waals surface area contributed by atoms with Crippen LogP contribution in [0.5, 0.6) is 5.75 Å². The number of hydrogen-bond acceptors (Lipinski definition) is 4. The summed E-state index contributed by atoms with van der Waals surface area (Å²) in [4.78, 5) is 2.16. The van der Waals surface area contributed by atoms with Gasteiger partial charge in [-0.15, -0.1) is 0 Å². The Balaban J connectivity index is 2.44. The van der Waals surface area contributed by atoms with Gasteiger partial charge < -0.3 is 20.5 Å². The molecule has 20 heavy (non-hydrogen) atoms. The first-order chi connectivity index (χ1) is 9.21. The van der Waals surface area contributed by atoms with Gasteiger partial charge in [-0.2, -0.15) is 0 Å². The molecule has 2 unspecified atom stereocenters. The molecule has 0 aliphatic heterocycles. The van der Waals surface area contributed by atoms with Crippen molar-refractivity contribution in [1.82, 2.24) is 4.90 Å². The highest BCUT2D eigenvalue weighted by molar-refractivity contribution is 5.51. The molecule has 4 heteroatoms. The van der Waals surface area contributed by atoms with Gasteiger partial charge in [-0.3, -0.25) is 0 Å². The van der Waals surface area contributed by atoms with E-state index in [1.54, 1.807) is 6.07 Å². The second kappa shape index (κ2) is 6.95. The molecule has 3 N–H and O–H groups in total. The molecule has 1 aromatic carbocycles. The summed E-state index contributed by atoms with van der Waals surface area (Å²) in [6.07, 6.45) is -0.538. The molecule has 0 amide bonds. The summed E-state index contributed by atoms with van der Waals surface area (Å²) in [5.41, 5.74) is 6.57. The van der Waals surface area contributed by atoms with E-state index in [1.807, 2.05) is 25.2 Å². The zero-order valence-corrected chi connectivity index (χ0v) is 13.3. The number of anilines is 1. The van der Waals surface area contributed by atoms with Gasteiger partial charge in [-0.05, 0) is 31.5 Å². The zero-order valence-electron chi connectivity index (χ0n) is 13.3. The summed E-state index contributed by atoms with van der Waals surface area (Å²) >= 11 is 0. The lowest BCUT2D eigenvalue weighted by molar-refractivity contribution is 0.0444. The van der Waals surface area contributed by atoms with Gasteiger partial charge in [-0.25, -0.2) is 0 Å². The molecule has 0 aliphatic rings. The molecule has 114 valence electrons. The largest absolute Gasteiger partial charge is 0.489 e. The maximum Gasteiger partial charge on any atom is 0.142 e. The number of nitrogen functional groups attached to an aromatic ring is 1. The zero-order chi connectivity index (χ0) is 15.3. The Morgan fingerprint density at radius 2 is 1.90 bits per heavy atom. The van der Waals surface area contributed by atoms with Crippen LogP contribution in [0.25, 0.3) is 0 Å². The number of rotatable bonds is 6. The van der Waals surface area contributed by atoms with Crippen LogP contribution in [0.1, 0.15) is 27.7 Å². The number of ether oxygens (including phenoxy) is 1.